The summed E-state index contributed by atoms with van der Waals surface area (Å²) in [5.41, 5.74) is 8.07. The number of fused-ring (bicyclic) bond motifs is 1. The molecule has 3 aromatic carbocycles. The van der Waals surface area contributed by atoms with Crippen molar-refractivity contribution in [2.75, 3.05) is 0 Å². The molecule has 0 aromatic heterocycles. The maximum absolute atomic E-state index is 12.6. The van der Waals surface area contributed by atoms with Gasteiger partial charge in [-0.05, 0) is 47.1 Å². The first-order valence-electron chi connectivity index (χ1n) is 8.91. The Labute approximate surface area is 159 Å². The molecule has 0 unspecified atom stereocenters. The predicted octanol–water partition coefficient (Wildman–Crippen LogP) is 4.93. The third-order valence-corrected chi connectivity index (χ3v) is 4.28. The van der Waals surface area contributed by atoms with Gasteiger partial charge in [-0.25, -0.2) is 4.79 Å². The van der Waals surface area contributed by atoms with E-state index >= 15 is 0 Å². The zero-order valence-electron chi connectivity index (χ0n) is 15.9. The molecule has 4 nitrogen and oxygen atoms in total. The number of hydrogen-bond acceptors (Lipinski definition) is 3. The molecule has 0 radical (unpaired) electrons. The number of nitrogens with one attached hydrogen (secondary N) is 1. The normalized spacial score (nSPS) is 11.4. The fraction of sp³-hybridized carbons (Fsp3) is 0.217. The number of rotatable bonds is 4. The lowest BCUT2D eigenvalue weighted by Gasteiger charge is -2.18. The number of carbonyl (C=O) groups excluding carboxylic acids is 1. The van der Waals surface area contributed by atoms with Crippen LogP contribution < -0.4 is 10.5 Å². The quantitative estimate of drug-likeness (QED) is 0.300. The van der Waals surface area contributed by atoms with E-state index in [4.69, 9.17) is 15.9 Å². The molecule has 0 aliphatic heterocycles. The highest BCUT2D eigenvalue weighted by atomic mass is 16.5. The van der Waals surface area contributed by atoms with Gasteiger partial charge >= 0.3 is 5.97 Å². The Bertz CT molecular complexity index is 999. The number of ether oxygens (including phenoxy) is 1. The molecular formula is C23H24N2O2. The first-order chi connectivity index (χ1) is 12.7. The lowest BCUT2D eigenvalue weighted by molar-refractivity contribution is 0.0737. The van der Waals surface area contributed by atoms with E-state index in [0.29, 0.717) is 16.9 Å². The second-order valence-electron chi connectivity index (χ2n) is 7.93. The van der Waals surface area contributed by atoms with Gasteiger partial charge in [0.1, 0.15) is 11.6 Å². The van der Waals surface area contributed by atoms with Crippen LogP contribution in [0.2, 0.25) is 0 Å². The van der Waals surface area contributed by atoms with E-state index in [1.165, 1.54) is 5.56 Å². The number of carbonyl (C=O) groups is 1. The van der Waals surface area contributed by atoms with Gasteiger partial charge in [0.2, 0.25) is 0 Å². The Morgan fingerprint density at radius 2 is 1.67 bits per heavy atom. The van der Waals surface area contributed by atoms with Crippen molar-refractivity contribution < 1.29 is 9.53 Å². The molecule has 0 fully saturated rings. The smallest absolute Gasteiger partial charge is 0.343 e. The van der Waals surface area contributed by atoms with Crippen LogP contribution in [0.4, 0.5) is 0 Å². The predicted molar refractivity (Wildman–Crippen MR) is 110 cm³/mol. The summed E-state index contributed by atoms with van der Waals surface area (Å²) >= 11 is 0. The van der Waals surface area contributed by atoms with Gasteiger partial charge in [-0.15, -0.1) is 0 Å². The number of esters is 1. The minimum absolute atomic E-state index is 0.0209. The summed E-state index contributed by atoms with van der Waals surface area (Å²) in [4.78, 5) is 12.6. The highest BCUT2D eigenvalue weighted by Gasteiger charge is 2.14. The molecule has 0 bridgehead atoms. The molecule has 3 N–H and O–H groups in total. The summed E-state index contributed by atoms with van der Waals surface area (Å²) in [5.74, 6) is 0.0323. The second-order valence-corrected chi connectivity index (χ2v) is 7.93. The zero-order chi connectivity index (χ0) is 19.6. The highest BCUT2D eigenvalue weighted by molar-refractivity contribution is 6.01. The summed E-state index contributed by atoms with van der Waals surface area (Å²) in [7, 11) is 0. The Balaban J connectivity index is 1.85. The van der Waals surface area contributed by atoms with Gasteiger partial charge in [-0.3, -0.25) is 5.41 Å². The molecule has 0 saturated carbocycles. The number of nitrogens with two attached hydrogens (primary N) is 1. The van der Waals surface area contributed by atoms with Gasteiger partial charge in [0.15, 0.2) is 0 Å². The Morgan fingerprint density at radius 1 is 1.00 bits per heavy atom. The van der Waals surface area contributed by atoms with Crippen LogP contribution in [0.5, 0.6) is 5.75 Å². The number of hydrogen-bond donors (Lipinski definition) is 2. The second kappa shape index (κ2) is 7.23. The van der Waals surface area contributed by atoms with Crippen LogP contribution in [-0.2, 0) is 6.42 Å². The molecule has 0 heterocycles. The van der Waals surface area contributed by atoms with Gasteiger partial charge in [0.05, 0.1) is 5.56 Å². The third-order valence-electron chi connectivity index (χ3n) is 4.28. The van der Waals surface area contributed by atoms with Crippen LogP contribution in [0, 0.1) is 10.8 Å². The number of benzene rings is 3. The van der Waals surface area contributed by atoms with Gasteiger partial charge in [-0.2, -0.15) is 0 Å². The minimum Gasteiger partial charge on any atom is -0.422 e. The van der Waals surface area contributed by atoms with Crippen molar-refractivity contribution >= 4 is 22.6 Å². The van der Waals surface area contributed by atoms with Crippen LogP contribution >= 0.6 is 0 Å². The summed E-state index contributed by atoms with van der Waals surface area (Å²) in [6.07, 6.45) is 0.944. The van der Waals surface area contributed by atoms with Gasteiger partial charge in [-0.1, -0.05) is 57.2 Å². The average Bonchev–Trinajstić information content (AvgIpc) is 2.60. The first-order valence-corrected chi connectivity index (χ1v) is 8.91. The highest BCUT2D eigenvalue weighted by Crippen LogP contribution is 2.27. The van der Waals surface area contributed by atoms with E-state index in [1.54, 1.807) is 30.3 Å². The van der Waals surface area contributed by atoms with Gasteiger partial charge < -0.3 is 10.5 Å². The number of amidine groups is 1. The zero-order valence-corrected chi connectivity index (χ0v) is 15.9. The summed E-state index contributed by atoms with van der Waals surface area (Å²) < 4.78 is 5.64. The lowest BCUT2D eigenvalue weighted by atomic mass is 9.88. The van der Waals surface area contributed by atoms with E-state index in [9.17, 15) is 4.79 Å². The molecule has 0 aliphatic rings. The van der Waals surface area contributed by atoms with Gasteiger partial charge in [0, 0.05) is 10.9 Å². The van der Waals surface area contributed by atoms with Crippen molar-refractivity contribution in [3.8, 4) is 5.75 Å². The lowest BCUT2D eigenvalue weighted by Crippen LogP contribution is -2.12. The molecule has 0 aliphatic carbocycles. The molecule has 0 spiro atoms. The maximum atomic E-state index is 12.6. The third kappa shape index (κ3) is 4.53. The van der Waals surface area contributed by atoms with Crippen molar-refractivity contribution in [3.05, 3.63) is 77.4 Å². The van der Waals surface area contributed by atoms with Gasteiger partial charge in [0.25, 0.3) is 0 Å². The molecule has 138 valence electrons. The van der Waals surface area contributed by atoms with E-state index in [2.05, 4.69) is 20.8 Å². The Hall–Kier alpha value is -3.14. The van der Waals surface area contributed by atoms with Crippen LogP contribution in [0.1, 0.15) is 42.3 Å². The first kappa shape index (κ1) is 18.6. The summed E-state index contributed by atoms with van der Waals surface area (Å²) in [5, 5.41) is 9.28. The monoisotopic (exact) mass is 360 g/mol. The molecule has 0 saturated heterocycles. The Kier molecular flexibility index (Phi) is 5.00. The van der Waals surface area contributed by atoms with Crippen LogP contribution in [0.3, 0.4) is 0 Å². The van der Waals surface area contributed by atoms with E-state index in [-0.39, 0.29) is 11.3 Å². The van der Waals surface area contributed by atoms with Crippen LogP contribution in [0.15, 0.2) is 60.7 Å². The van der Waals surface area contributed by atoms with E-state index < -0.39 is 5.97 Å². The molecule has 4 heteroatoms. The Morgan fingerprint density at radius 3 is 2.30 bits per heavy atom. The van der Waals surface area contributed by atoms with Crippen molar-refractivity contribution in [2.45, 2.75) is 27.2 Å². The largest absolute Gasteiger partial charge is 0.422 e. The topological polar surface area (TPSA) is 76.2 Å². The molecule has 3 aromatic rings. The maximum Gasteiger partial charge on any atom is 0.343 e. The molecule has 3 rings (SSSR count). The fourth-order valence-electron chi connectivity index (χ4n) is 3.03. The average molecular weight is 360 g/mol. The minimum atomic E-state index is -0.405. The molecular weight excluding hydrogens is 336 g/mol. The van der Waals surface area contributed by atoms with E-state index in [1.807, 2.05) is 30.3 Å². The fourth-order valence-corrected chi connectivity index (χ4v) is 3.03. The SMILES string of the molecule is CC(C)(C)Cc1ccc(C(=O)Oc2cccc3ccc(C(=N)N)cc23)cc1. The number of nitrogen functional groups attached to an aromatic ring is 1. The van der Waals surface area contributed by atoms with Crippen molar-refractivity contribution in [3.63, 3.8) is 0 Å². The van der Waals surface area contributed by atoms with Crippen molar-refractivity contribution in [2.24, 2.45) is 11.1 Å². The van der Waals surface area contributed by atoms with Crippen LogP contribution in [-0.4, -0.2) is 11.8 Å². The standard InChI is InChI=1S/C23H24N2O2/c1-23(2,3)14-15-7-9-17(10-8-15)22(26)27-20-6-4-5-16-11-12-18(21(24)25)13-19(16)20/h4-13H,14H2,1-3H3,(H3,24,25). The molecule has 27 heavy (non-hydrogen) atoms. The van der Waals surface area contributed by atoms with Crippen molar-refractivity contribution in [1.82, 2.24) is 0 Å². The molecule has 0 atom stereocenters. The van der Waals surface area contributed by atoms with E-state index in [0.717, 1.165) is 17.2 Å². The van der Waals surface area contributed by atoms with Crippen LogP contribution in [0.25, 0.3) is 10.8 Å². The molecule has 0 amide bonds. The van der Waals surface area contributed by atoms with Crippen molar-refractivity contribution in [1.29, 1.82) is 5.41 Å². The summed E-state index contributed by atoms with van der Waals surface area (Å²) in [6.45, 7) is 6.56. The summed E-state index contributed by atoms with van der Waals surface area (Å²) in [6, 6.07) is 18.5.